The summed E-state index contributed by atoms with van der Waals surface area (Å²) in [7, 11) is -3.49. The molecule has 21 heavy (non-hydrogen) atoms. The molecule has 0 aliphatic heterocycles. The number of carboxylic acids is 1. The molecule has 0 unspecified atom stereocenters. The number of aromatic nitrogens is 3. The Kier molecular flexibility index (Phi) is 4.08. The second kappa shape index (κ2) is 5.65. The summed E-state index contributed by atoms with van der Waals surface area (Å²) in [6.45, 7) is 3.70. The van der Waals surface area contributed by atoms with Gasteiger partial charge in [-0.1, -0.05) is 0 Å². The van der Waals surface area contributed by atoms with E-state index in [1.54, 1.807) is 18.5 Å². The Morgan fingerprint density at radius 1 is 1.24 bits per heavy atom. The second-order valence-corrected chi connectivity index (χ2v) is 6.69. The van der Waals surface area contributed by atoms with Crippen molar-refractivity contribution >= 4 is 15.8 Å². The average molecular weight is 309 g/mol. The van der Waals surface area contributed by atoms with E-state index in [0.29, 0.717) is 11.6 Å². The molecule has 2 rings (SSSR count). The van der Waals surface area contributed by atoms with Crippen molar-refractivity contribution in [1.82, 2.24) is 14.8 Å². The fourth-order valence-electron chi connectivity index (χ4n) is 1.90. The first-order valence-electron chi connectivity index (χ1n) is 6.24. The van der Waals surface area contributed by atoms with Crippen molar-refractivity contribution in [3.05, 3.63) is 41.5 Å². The van der Waals surface area contributed by atoms with Crippen molar-refractivity contribution < 1.29 is 18.3 Å². The molecule has 0 atom stereocenters. The number of benzene rings is 1. The molecule has 1 N–H and O–H groups in total. The number of rotatable bonds is 5. The quantitative estimate of drug-likeness (QED) is 0.886. The number of hydrogen-bond acceptors (Lipinski definition) is 5. The number of hydrogen-bond donors (Lipinski definition) is 1. The Balaban J connectivity index is 2.14. The molecule has 7 nitrogen and oxygen atoms in total. The number of nitrogens with zero attached hydrogens (tertiary/aromatic N) is 3. The molecule has 0 amide bonds. The lowest BCUT2D eigenvalue weighted by molar-refractivity contribution is 0.0696. The molecule has 0 saturated carbocycles. The molecule has 0 aliphatic rings. The maximum Gasteiger partial charge on any atom is 0.335 e. The summed E-state index contributed by atoms with van der Waals surface area (Å²) in [6, 6.07) is 5.16. The van der Waals surface area contributed by atoms with Gasteiger partial charge < -0.3 is 5.11 Å². The van der Waals surface area contributed by atoms with Gasteiger partial charge in [-0.05, 0) is 38.1 Å². The zero-order chi connectivity index (χ0) is 15.6. The highest BCUT2D eigenvalue weighted by molar-refractivity contribution is 7.91. The van der Waals surface area contributed by atoms with Gasteiger partial charge in [0.05, 0.1) is 22.8 Å². The van der Waals surface area contributed by atoms with Crippen molar-refractivity contribution in [2.45, 2.75) is 25.3 Å². The van der Waals surface area contributed by atoms with Gasteiger partial charge in [-0.15, -0.1) is 0 Å². The summed E-state index contributed by atoms with van der Waals surface area (Å²) < 4.78 is 25.9. The first-order chi connectivity index (χ1) is 9.79. The number of carboxylic acid groups (broad SMARTS) is 1. The molecule has 0 saturated heterocycles. The minimum Gasteiger partial charge on any atom is -0.478 e. The van der Waals surface area contributed by atoms with Crippen LogP contribution in [0.2, 0.25) is 0 Å². The molecule has 1 aromatic carbocycles. The lowest BCUT2D eigenvalue weighted by Gasteiger charge is -2.06. The van der Waals surface area contributed by atoms with Crippen LogP contribution in [0.5, 0.6) is 0 Å². The van der Waals surface area contributed by atoms with Gasteiger partial charge >= 0.3 is 5.97 Å². The summed E-state index contributed by atoms with van der Waals surface area (Å²) >= 11 is 0. The standard InChI is InChI=1S/C13H15N3O4S/c1-9-14-10(2)16(15-9)7-8-21(19,20)12-5-3-11(4-6-12)13(17)18/h3-6H,7-8H2,1-2H3,(H,17,18). The Labute approximate surface area is 122 Å². The van der Waals surface area contributed by atoms with Crippen LogP contribution in [0, 0.1) is 13.8 Å². The van der Waals surface area contributed by atoms with Crippen LogP contribution in [0.15, 0.2) is 29.2 Å². The molecule has 112 valence electrons. The molecule has 0 fully saturated rings. The van der Waals surface area contributed by atoms with Gasteiger partial charge in [-0.25, -0.2) is 22.9 Å². The monoisotopic (exact) mass is 309 g/mol. The van der Waals surface area contributed by atoms with Crippen LogP contribution in [0.25, 0.3) is 0 Å². The topological polar surface area (TPSA) is 102 Å². The van der Waals surface area contributed by atoms with Crippen molar-refractivity contribution in [3.63, 3.8) is 0 Å². The minimum absolute atomic E-state index is 0.0525. The molecule has 1 aromatic heterocycles. The van der Waals surface area contributed by atoms with E-state index in [2.05, 4.69) is 10.1 Å². The average Bonchev–Trinajstić information content (AvgIpc) is 2.75. The predicted octanol–water partition coefficient (Wildman–Crippen LogP) is 1.07. The Morgan fingerprint density at radius 2 is 1.86 bits per heavy atom. The van der Waals surface area contributed by atoms with Crippen molar-refractivity contribution in [2.24, 2.45) is 0 Å². The molecule has 8 heteroatoms. The minimum atomic E-state index is -3.49. The molecule has 1 heterocycles. The SMILES string of the molecule is Cc1nc(C)n(CCS(=O)(=O)c2ccc(C(=O)O)cc2)n1. The Bertz CT molecular complexity index is 763. The van der Waals surface area contributed by atoms with Gasteiger partial charge in [-0.3, -0.25) is 0 Å². The number of sulfone groups is 1. The normalized spacial score (nSPS) is 11.5. The summed E-state index contributed by atoms with van der Waals surface area (Å²) in [5, 5.41) is 12.9. The largest absolute Gasteiger partial charge is 0.478 e. The molecule has 0 spiro atoms. The number of aryl methyl sites for hydroxylation is 3. The van der Waals surface area contributed by atoms with Crippen LogP contribution < -0.4 is 0 Å². The Hall–Kier alpha value is -2.22. The molecule has 0 aliphatic carbocycles. The first-order valence-corrected chi connectivity index (χ1v) is 7.89. The fourth-order valence-corrected chi connectivity index (χ4v) is 3.10. The van der Waals surface area contributed by atoms with E-state index in [0.717, 1.165) is 0 Å². The van der Waals surface area contributed by atoms with E-state index < -0.39 is 15.8 Å². The number of aromatic carboxylic acids is 1. The zero-order valence-electron chi connectivity index (χ0n) is 11.6. The molecule has 2 aromatic rings. The lowest BCUT2D eigenvalue weighted by atomic mass is 10.2. The van der Waals surface area contributed by atoms with E-state index in [-0.39, 0.29) is 22.8 Å². The van der Waals surface area contributed by atoms with Crippen molar-refractivity contribution in [3.8, 4) is 0 Å². The van der Waals surface area contributed by atoms with Crippen LogP contribution in [0.4, 0.5) is 0 Å². The molecular formula is C13H15N3O4S. The Morgan fingerprint density at radius 3 is 2.33 bits per heavy atom. The highest BCUT2D eigenvalue weighted by Gasteiger charge is 2.16. The second-order valence-electron chi connectivity index (χ2n) is 4.58. The third kappa shape index (κ3) is 3.46. The summed E-state index contributed by atoms with van der Waals surface area (Å²) in [5.74, 6) is 0.0376. The predicted molar refractivity (Wildman–Crippen MR) is 75.0 cm³/mol. The summed E-state index contributed by atoms with van der Waals surface area (Å²) in [5.41, 5.74) is 0.0525. The molecular weight excluding hydrogens is 294 g/mol. The van der Waals surface area contributed by atoms with Crippen LogP contribution >= 0.6 is 0 Å². The molecule has 0 bridgehead atoms. The summed E-state index contributed by atoms with van der Waals surface area (Å²) in [4.78, 5) is 15.0. The first kappa shape index (κ1) is 15.2. The smallest absolute Gasteiger partial charge is 0.335 e. The van der Waals surface area contributed by atoms with Crippen LogP contribution in [-0.4, -0.2) is 40.0 Å². The highest BCUT2D eigenvalue weighted by atomic mass is 32.2. The van der Waals surface area contributed by atoms with Crippen molar-refractivity contribution in [1.29, 1.82) is 0 Å². The maximum absolute atomic E-state index is 12.2. The van der Waals surface area contributed by atoms with E-state index >= 15 is 0 Å². The van der Waals surface area contributed by atoms with Gasteiger partial charge in [-0.2, -0.15) is 5.10 Å². The highest BCUT2D eigenvalue weighted by Crippen LogP contribution is 2.13. The van der Waals surface area contributed by atoms with Crippen molar-refractivity contribution in [2.75, 3.05) is 5.75 Å². The fraction of sp³-hybridized carbons (Fsp3) is 0.308. The lowest BCUT2D eigenvalue weighted by Crippen LogP contribution is -2.15. The zero-order valence-corrected chi connectivity index (χ0v) is 12.5. The van der Waals surface area contributed by atoms with Gasteiger partial charge in [0.25, 0.3) is 0 Å². The van der Waals surface area contributed by atoms with Gasteiger partial charge in [0, 0.05) is 0 Å². The van der Waals surface area contributed by atoms with E-state index in [1.165, 1.54) is 24.3 Å². The van der Waals surface area contributed by atoms with Gasteiger partial charge in [0.2, 0.25) is 0 Å². The molecule has 0 radical (unpaired) electrons. The van der Waals surface area contributed by atoms with Crippen LogP contribution in [0.3, 0.4) is 0 Å². The van der Waals surface area contributed by atoms with E-state index in [1.807, 2.05) is 0 Å². The third-order valence-electron chi connectivity index (χ3n) is 2.99. The van der Waals surface area contributed by atoms with E-state index in [9.17, 15) is 13.2 Å². The van der Waals surface area contributed by atoms with Gasteiger partial charge in [0.1, 0.15) is 11.6 Å². The summed E-state index contributed by atoms with van der Waals surface area (Å²) in [6.07, 6.45) is 0. The maximum atomic E-state index is 12.2. The number of carbonyl (C=O) groups is 1. The van der Waals surface area contributed by atoms with Crippen LogP contribution in [-0.2, 0) is 16.4 Å². The van der Waals surface area contributed by atoms with Crippen LogP contribution in [0.1, 0.15) is 22.0 Å². The van der Waals surface area contributed by atoms with E-state index in [4.69, 9.17) is 5.11 Å². The third-order valence-corrected chi connectivity index (χ3v) is 4.71. The van der Waals surface area contributed by atoms with Gasteiger partial charge in [0.15, 0.2) is 9.84 Å².